The number of benzene rings is 2. The Bertz CT molecular complexity index is 620. The van der Waals surface area contributed by atoms with Crippen molar-refractivity contribution in [3.63, 3.8) is 0 Å². The molecule has 0 aliphatic rings. The summed E-state index contributed by atoms with van der Waals surface area (Å²) in [6.07, 6.45) is 8.98. The van der Waals surface area contributed by atoms with Gasteiger partial charge in [0.05, 0.1) is 6.61 Å². The lowest BCUT2D eigenvalue weighted by atomic mass is 10.0. The van der Waals surface area contributed by atoms with Crippen molar-refractivity contribution < 1.29 is 9.94 Å². The lowest BCUT2D eigenvalue weighted by molar-refractivity contribution is 0.304. The Morgan fingerprint density at radius 3 is 2.04 bits per heavy atom. The molecule has 2 aromatic rings. The second-order valence-corrected chi connectivity index (χ2v) is 6.31. The number of unbranched alkanes of at least 4 members (excludes halogenated alkanes) is 6. The fraction of sp³-hybridized carbons (Fsp3) is 0.409. The van der Waals surface area contributed by atoms with Gasteiger partial charge < -0.3 is 9.94 Å². The van der Waals surface area contributed by atoms with Crippen LogP contribution in [0.3, 0.4) is 0 Å². The molecule has 0 spiro atoms. The monoisotopic (exact) mass is 339 g/mol. The minimum atomic E-state index is 0.569. The first-order valence-electron chi connectivity index (χ1n) is 9.36. The van der Waals surface area contributed by atoms with E-state index in [4.69, 9.17) is 4.74 Å². The number of nitrogens with zero attached hydrogens (tertiary/aromatic N) is 1. The van der Waals surface area contributed by atoms with E-state index in [0.29, 0.717) is 5.71 Å². The predicted octanol–water partition coefficient (Wildman–Crippen LogP) is 6.04. The molecule has 25 heavy (non-hydrogen) atoms. The third kappa shape index (κ3) is 6.61. The van der Waals surface area contributed by atoms with E-state index in [2.05, 4.69) is 12.1 Å². The van der Waals surface area contributed by atoms with Crippen LogP contribution in [0.4, 0.5) is 0 Å². The third-order valence-electron chi connectivity index (χ3n) is 4.29. The number of rotatable bonds is 11. The van der Waals surface area contributed by atoms with Gasteiger partial charge in [-0.15, -0.1) is 0 Å². The molecule has 0 bridgehead atoms. The minimum Gasteiger partial charge on any atom is -0.494 e. The first kappa shape index (κ1) is 19.0. The summed E-state index contributed by atoms with van der Waals surface area (Å²) in [5.41, 5.74) is 2.33. The molecule has 0 fully saturated rings. The molecule has 134 valence electrons. The molecule has 0 saturated carbocycles. The van der Waals surface area contributed by atoms with Crippen LogP contribution in [0.1, 0.15) is 63.0 Å². The molecule has 0 atom stereocenters. The van der Waals surface area contributed by atoms with Crippen LogP contribution in [0.15, 0.2) is 59.8 Å². The fourth-order valence-electron chi connectivity index (χ4n) is 2.84. The van der Waals surface area contributed by atoms with Gasteiger partial charge in [0.2, 0.25) is 0 Å². The zero-order chi connectivity index (χ0) is 17.7. The zero-order valence-electron chi connectivity index (χ0n) is 15.2. The maximum atomic E-state index is 9.34. The van der Waals surface area contributed by atoms with Crippen molar-refractivity contribution in [1.29, 1.82) is 0 Å². The van der Waals surface area contributed by atoms with Gasteiger partial charge in [0.25, 0.3) is 0 Å². The van der Waals surface area contributed by atoms with Crippen molar-refractivity contribution in [3.8, 4) is 5.75 Å². The summed E-state index contributed by atoms with van der Waals surface area (Å²) in [6, 6.07) is 17.4. The Balaban J connectivity index is 1.76. The Kier molecular flexibility index (Phi) is 8.60. The van der Waals surface area contributed by atoms with Crippen LogP contribution in [0.5, 0.6) is 5.75 Å². The third-order valence-corrected chi connectivity index (χ3v) is 4.29. The van der Waals surface area contributed by atoms with Gasteiger partial charge in [0.1, 0.15) is 11.5 Å². The molecule has 0 amide bonds. The van der Waals surface area contributed by atoms with E-state index >= 15 is 0 Å². The predicted molar refractivity (Wildman–Crippen MR) is 104 cm³/mol. The van der Waals surface area contributed by atoms with Crippen LogP contribution in [0, 0.1) is 0 Å². The van der Waals surface area contributed by atoms with Crippen molar-refractivity contribution in [2.45, 2.75) is 51.9 Å². The highest BCUT2D eigenvalue weighted by atomic mass is 16.5. The molecule has 0 aliphatic heterocycles. The van der Waals surface area contributed by atoms with Crippen molar-refractivity contribution in [2.24, 2.45) is 5.16 Å². The van der Waals surface area contributed by atoms with Crippen LogP contribution >= 0.6 is 0 Å². The van der Waals surface area contributed by atoms with Gasteiger partial charge in [-0.25, -0.2) is 0 Å². The average Bonchev–Trinajstić information content (AvgIpc) is 2.66. The van der Waals surface area contributed by atoms with Crippen molar-refractivity contribution in [1.82, 2.24) is 0 Å². The van der Waals surface area contributed by atoms with Crippen LogP contribution in [-0.2, 0) is 0 Å². The second-order valence-electron chi connectivity index (χ2n) is 6.31. The highest BCUT2D eigenvalue weighted by molar-refractivity contribution is 6.12. The summed E-state index contributed by atoms with van der Waals surface area (Å²) < 4.78 is 5.81. The topological polar surface area (TPSA) is 41.8 Å². The Morgan fingerprint density at radius 1 is 0.800 bits per heavy atom. The van der Waals surface area contributed by atoms with Gasteiger partial charge in [-0.2, -0.15) is 0 Å². The standard InChI is InChI=1S/C22H29NO2/c1-2-3-4-5-6-7-11-18-25-21-16-14-20(15-17-21)22(23-24)19-12-9-8-10-13-19/h8-10,12-17,24H,2-7,11,18H2,1H3/b23-22-. The normalized spacial score (nSPS) is 11.5. The van der Waals surface area contributed by atoms with Crippen molar-refractivity contribution >= 4 is 5.71 Å². The van der Waals surface area contributed by atoms with Gasteiger partial charge in [-0.3, -0.25) is 0 Å². The molecular weight excluding hydrogens is 310 g/mol. The number of oxime groups is 1. The zero-order valence-corrected chi connectivity index (χ0v) is 15.2. The van der Waals surface area contributed by atoms with E-state index in [9.17, 15) is 5.21 Å². The molecule has 0 heterocycles. The summed E-state index contributed by atoms with van der Waals surface area (Å²) >= 11 is 0. The maximum Gasteiger partial charge on any atom is 0.119 e. The van der Waals surface area contributed by atoms with Crippen molar-refractivity contribution in [3.05, 3.63) is 65.7 Å². The fourth-order valence-corrected chi connectivity index (χ4v) is 2.84. The van der Waals surface area contributed by atoms with E-state index in [1.165, 1.54) is 38.5 Å². The maximum absolute atomic E-state index is 9.34. The molecule has 0 unspecified atom stereocenters. The molecule has 3 nitrogen and oxygen atoms in total. The number of hydrogen-bond acceptors (Lipinski definition) is 3. The summed E-state index contributed by atoms with van der Waals surface area (Å²) in [6.45, 7) is 3.00. The van der Waals surface area contributed by atoms with E-state index < -0.39 is 0 Å². The average molecular weight is 339 g/mol. The van der Waals surface area contributed by atoms with Crippen LogP contribution in [-0.4, -0.2) is 17.5 Å². The lowest BCUT2D eigenvalue weighted by Gasteiger charge is -2.08. The first-order valence-corrected chi connectivity index (χ1v) is 9.36. The SMILES string of the molecule is CCCCCCCCCOc1ccc(/C(=N\O)c2ccccc2)cc1. The number of ether oxygens (including phenoxy) is 1. The highest BCUT2D eigenvalue weighted by Gasteiger charge is 2.07. The van der Waals surface area contributed by atoms with E-state index in [1.807, 2.05) is 54.6 Å². The summed E-state index contributed by atoms with van der Waals surface area (Å²) in [5, 5.41) is 12.8. The molecule has 0 aromatic heterocycles. The molecule has 2 rings (SSSR count). The number of hydrogen-bond donors (Lipinski definition) is 1. The van der Waals surface area contributed by atoms with Gasteiger partial charge >= 0.3 is 0 Å². The molecular formula is C22H29NO2. The van der Waals surface area contributed by atoms with Gasteiger partial charge in [0, 0.05) is 11.1 Å². The summed E-state index contributed by atoms with van der Waals surface area (Å²) in [5.74, 6) is 0.861. The Morgan fingerprint density at radius 2 is 1.40 bits per heavy atom. The largest absolute Gasteiger partial charge is 0.494 e. The van der Waals surface area contributed by atoms with Gasteiger partial charge in [-0.05, 0) is 30.7 Å². The molecule has 1 N–H and O–H groups in total. The minimum absolute atomic E-state index is 0.569. The van der Waals surface area contributed by atoms with Gasteiger partial charge in [-0.1, -0.05) is 80.9 Å². The highest BCUT2D eigenvalue weighted by Crippen LogP contribution is 2.17. The van der Waals surface area contributed by atoms with Crippen molar-refractivity contribution in [2.75, 3.05) is 6.61 Å². The molecule has 0 aliphatic carbocycles. The summed E-state index contributed by atoms with van der Waals surface area (Å²) in [7, 11) is 0. The van der Waals surface area contributed by atoms with Gasteiger partial charge in [0.15, 0.2) is 0 Å². The van der Waals surface area contributed by atoms with Crippen LogP contribution < -0.4 is 4.74 Å². The van der Waals surface area contributed by atoms with Crippen LogP contribution in [0.25, 0.3) is 0 Å². The molecule has 3 heteroatoms. The second kappa shape index (κ2) is 11.3. The van der Waals surface area contributed by atoms with E-state index in [-0.39, 0.29) is 0 Å². The molecule has 0 saturated heterocycles. The van der Waals surface area contributed by atoms with E-state index in [0.717, 1.165) is 29.9 Å². The quantitative estimate of drug-likeness (QED) is 0.234. The first-order chi connectivity index (χ1) is 12.3. The molecule has 2 aromatic carbocycles. The van der Waals surface area contributed by atoms with E-state index in [1.54, 1.807) is 0 Å². The Hall–Kier alpha value is -2.29. The smallest absolute Gasteiger partial charge is 0.119 e. The summed E-state index contributed by atoms with van der Waals surface area (Å²) in [4.78, 5) is 0. The lowest BCUT2D eigenvalue weighted by Crippen LogP contribution is -2.03. The molecule has 0 radical (unpaired) electrons. The Labute approximate surface area is 151 Å². The van der Waals surface area contributed by atoms with Crippen LogP contribution in [0.2, 0.25) is 0 Å².